The first-order chi connectivity index (χ1) is 6.98. The fraction of sp³-hybridized carbons (Fsp3) is 1.00. The van der Waals surface area contributed by atoms with Gasteiger partial charge in [0.25, 0.3) is 0 Å². The molecule has 0 saturated heterocycles. The van der Waals surface area contributed by atoms with Crippen molar-refractivity contribution in [3.63, 3.8) is 0 Å². The smallest absolute Gasteiger partial charge is 0.0743 e. The van der Waals surface area contributed by atoms with E-state index in [1.165, 1.54) is 6.42 Å². The Morgan fingerprint density at radius 3 is 2.60 bits per heavy atom. The van der Waals surface area contributed by atoms with Gasteiger partial charge in [-0.3, -0.25) is 0 Å². The molecule has 2 N–H and O–H groups in total. The molecule has 1 atom stereocenters. The van der Waals surface area contributed by atoms with Crippen LogP contribution in [0.4, 0.5) is 0 Å². The standard InChI is InChI=1S/C12H27NO2/c1-11(2)6-5-7-12(3,14)10-13-8-9-15-4/h11,13-14H,5-10H2,1-4H3. The number of rotatable bonds is 9. The maximum Gasteiger partial charge on any atom is 0.0743 e. The van der Waals surface area contributed by atoms with Crippen LogP contribution in [0.1, 0.15) is 40.0 Å². The van der Waals surface area contributed by atoms with E-state index in [1.807, 2.05) is 6.92 Å². The van der Waals surface area contributed by atoms with Crippen molar-refractivity contribution in [2.24, 2.45) is 5.92 Å². The van der Waals surface area contributed by atoms with Crippen LogP contribution < -0.4 is 5.32 Å². The summed E-state index contributed by atoms with van der Waals surface area (Å²) in [6, 6.07) is 0. The molecular formula is C12H27NO2. The van der Waals surface area contributed by atoms with Crippen LogP contribution >= 0.6 is 0 Å². The van der Waals surface area contributed by atoms with Gasteiger partial charge in [-0.25, -0.2) is 0 Å². The molecule has 3 heteroatoms. The van der Waals surface area contributed by atoms with Gasteiger partial charge < -0.3 is 15.2 Å². The monoisotopic (exact) mass is 217 g/mol. The predicted octanol–water partition coefficient (Wildman–Crippen LogP) is 1.80. The van der Waals surface area contributed by atoms with Crippen molar-refractivity contribution in [1.82, 2.24) is 5.32 Å². The van der Waals surface area contributed by atoms with Gasteiger partial charge in [-0.05, 0) is 19.3 Å². The minimum absolute atomic E-state index is 0.581. The first-order valence-electron chi connectivity index (χ1n) is 5.90. The molecule has 0 amide bonds. The average Bonchev–Trinajstić information content (AvgIpc) is 2.11. The number of aliphatic hydroxyl groups is 1. The molecule has 0 aromatic rings. The topological polar surface area (TPSA) is 41.5 Å². The maximum atomic E-state index is 10.0. The molecule has 0 aliphatic carbocycles. The highest BCUT2D eigenvalue weighted by atomic mass is 16.5. The maximum absolute atomic E-state index is 10.0. The first kappa shape index (κ1) is 14.9. The minimum atomic E-state index is -0.581. The fourth-order valence-electron chi connectivity index (χ4n) is 1.51. The second-order valence-electron chi connectivity index (χ2n) is 4.95. The highest BCUT2D eigenvalue weighted by Crippen LogP contribution is 2.15. The molecule has 0 bridgehead atoms. The Hall–Kier alpha value is -0.120. The van der Waals surface area contributed by atoms with Crippen LogP contribution in [-0.4, -0.2) is 37.5 Å². The molecule has 15 heavy (non-hydrogen) atoms. The van der Waals surface area contributed by atoms with Crippen molar-refractivity contribution in [1.29, 1.82) is 0 Å². The SMILES string of the molecule is COCCNCC(C)(O)CCCC(C)C. The summed E-state index contributed by atoms with van der Waals surface area (Å²) >= 11 is 0. The summed E-state index contributed by atoms with van der Waals surface area (Å²) in [6.07, 6.45) is 3.15. The van der Waals surface area contributed by atoms with Gasteiger partial charge in [0.2, 0.25) is 0 Å². The van der Waals surface area contributed by atoms with E-state index in [0.29, 0.717) is 13.2 Å². The van der Waals surface area contributed by atoms with E-state index in [4.69, 9.17) is 4.74 Å². The number of ether oxygens (including phenoxy) is 1. The van der Waals surface area contributed by atoms with Gasteiger partial charge in [0, 0.05) is 20.2 Å². The molecule has 0 rings (SSSR count). The second-order valence-corrected chi connectivity index (χ2v) is 4.95. The predicted molar refractivity (Wildman–Crippen MR) is 64.1 cm³/mol. The summed E-state index contributed by atoms with van der Waals surface area (Å²) in [7, 11) is 1.68. The molecule has 0 saturated carbocycles. The van der Waals surface area contributed by atoms with Crippen LogP contribution in [-0.2, 0) is 4.74 Å². The molecule has 0 heterocycles. The summed E-state index contributed by atoms with van der Waals surface area (Å²) in [5.74, 6) is 0.724. The van der Waals surface area contributed by atoms with Gasteiger partial charge in [-0.15, -0.1) is 0 Å². The lowest BCUT2D eigenvalue weighted by Gasteiger charge is -2.24. The Morgan fingerprint density at radius 2 is 2.07 bits per heavy atom. The third-order valence-corrected chi connectivity index (χ3v) is 2.49. The molecule has 0 aromatic heterocycles. The highest BCUT2D eigenvalue weighted by molar-refractivity contribution is 4.75. The summed E-state index contributed by atoms with van der Waals surface area (Å²) in [5, 5.41) is 13.2. The molecular weight excluding hydrogens is 190 g/mol. The Bertz CT molecular complexity index is 147. The Kier molecular flexibility index (Phi) is 8.02. The van der Waals surface area contributed by atoms with Crippen LogP contribution in [0.3, 0.4) is 0 Å². The number of nitrogens with one attached hydrogen (secondary N) is 1. The third kappa shape index (κ3) is 10.2. The van der Waals surface area contributed by atoms with Crippen molar-refractivity contribution in [3.05, 3.63) is 0 Å². The summed E-state index contributed by atoms with van der Waals surface area (Å²) in [6.45, 7) is 8.47. The van der Waals surface area contributed by atoms with Gasteiger partial charge in [-0.1, -0.05) is 26.7 Å². The number of hydrogen-bond donors (Lipinski definition) is 2. The van der Waals surface area contributed by atoms with Gasteiger partial charge >= 0.3 is 0 Å². The lowest BCUT2D eigenvalue weighted by molar-refractivity contribution is 0.0457. The van der Waals surface area contributed by atoms with E-state index in [9.17, 15) is 5.11 Å². The van der Waals surface area contributed by atoms with Crippen molar-refractivity contribution >= 4 is 0 Å². The van der Waals surface area contributed by atoms with Crippen molar-refractivity contribution < 1.29 is 9.84 Å². The van der Waals surface area contributed by atoms with E-state index in [0.717, 1.165) is 25.3 Å². The highest BCUT2D eigenvalue weighted by Gasteiger charge is 2.18. The fourth-order valence-corrected chi connectivity index (χ4v) is 1.51. The summed E-state index contributed by atoms with van der Waals surface area (Å²) in [4.78, 5) is 0. The van der Waals surface area contributed by atoms with Crippen LogP contribution in [0, 0.1) is 5.92 Å². The van der Waals surface area contributed by atoms with Crippen LogP contribution in [0.2, 0.25) is 0 Å². The summed E-state index contributed by atoms with van der Waals surface area (Å²) in [5.41, 5.74) is -0.581. The molecule has 0 aliphatic rings. The van der Waals surface area contributed by atoms with Crippen molar-refractivity contribution in [2.75, 3.05) is 26.8 Å². The van der Waals surface area contributed by atoms with Gasteiger partial charge in [0.05, 0.1) is 12.2 Å². The molecule has 0 spiro atoms. The van der Waals surface area contributed by atoms with Gasteiger partial charge in [0.15, 0.2) is 0 Å². The van der Waals surface area contributed by atoms with E-state index in [1.54, 1.807) is 7.11 Å². The molecule has 0 fully saturated rings. The van der Waals surface area contributed by atoms with Gasteiger partial charge in [0.1, 0.15) is 0 Å². The first-order valence-corrected chi connectivity index (χ1v) is 5.90. The van der Waals surface area contributed by atoms with Crippen molar-refractivity contribution in [3.8, 4) is 0 Å². The van der Waals surface area contributed by atoms with E-state index in [-0.39, 0.29) is 0 Å². The van der Waals surface area contributed by atoms with Crippen molar-refractivity contribution in [2.45, 2.75) is 45.6 Å². The normalized spacial score (nSPS) is 15.6. The van der Waals surface area contributed by atoms with E-state index in [2.05, 4.69) is 19.2 Å². The molecule has 92 valence electrons. The zero-order valence-corrected chi connectivity index (χ0v) is 10.7. The molecule has 0 aromatic carbocycles. The molecule has 0 aliphatic heterocycles. The van der Waals surface area contributed by atoms with Crippen LogP contribution in [0.5, 0.6) is 0 Å². The summed E-state index contributed by atoms with van der Waals surface area (Å²) < 4.78 is 4.93. The Morgan fingerprint density at radius 1 is 1.40 bits per heavy atom. The Labute approximate surface area is 94.2 Å². The molecule has 1 unspecified atom stereocenters. The molecule has 0 radical (unpaired) electrons. The Balaban J connectivity index is 3.48. The zero-order valence-electron chi connectivity index (χ0n) is 10.7. The zero-order chi connectivity index (χ0) is 11.7. The minimum Gasteiger partial charge on any atom is -0.389 e. The quantitative estimate of drug-likeness (QED) is 0.579. The number of hydrogen-bond acceptors (Lipinski definition) is 3. The lowest BCUT2D eigenvalue weighted by Crippen LogP contribution is -2.39. The van der Waals surface area contributed by atoms with E-state index >= 15 is 0 Å². The second kappa shape index (κ2) is 8.08. The van der Waals surface area contributed by atoms with Gasteiger partial charge in [-0.2, -0.15) is 0 Å². The van der Waals surface area contributed by atoms with E-state index < -0.39 is 5.60 Å². The largest absolute Gasteiger partial charge is 0.389 e. The van der Waals surface area contributed by atoms with Crippen LogP contribution in [0.15, 0.2) is 0 Å². The average molecular weight is 217 g/mol. The third-order valence-electron chi connectivity index (χ3n) is 2.49. The lowest BCUT2D eigenvalue weighted by atomic mass is 9.96. The molecule has 3 nitrogen and oxygen atoms in total. The van der Waals surface area contributed by atoms with Crippen LogP contribution in [0.25, 0.3) is 0 Å². The number of methoxy groups -OCH3 is 1.